The monoisotopic (exact) mass is 424 g/mol. The third kappa shape index (κ3) is 3.78. The zero-order chi connectivity index (χ0) is 21.3. The summed E-state index contributed by atoms with van der Waals surface area (Å²) in [6.07, 6.45) is 0. The Labute approximate surface area is 179 Å². The summed E-state index contributed by atoms with van der Waals surface area (Å²) >= 11 is 1.69. The van der Waals surface area contributed by atoms with Crippen LogP contribution in [-0.2, 0) is 6.54 Å². The summed E-state index contributed by atoms with van der Waals surface area (Å²) < 4.78 is 5.31. The number of tetrazole rings is 1. The molecule has 0 aliphatic carbocycles. The first-order valence-corrected chi connectivity index (χ1v) is 10.9. The van der Waals surface area contributed by atoms with Crippen LogP contribution in [0, 0.1) is 13.8 Å². The summed E-state index contributed by atoms with van der Waals surface area (Å²) in [5, 5.41) is 14.2. The van der Waals surface area contributed by atoms with Gasteiger partial charge in [0.1, 0.15) is 17.1 Å². The van der Waals surface area contributed by atoms with Crippen molar-refractivity contribution in [3.05, 3.63) is 40.5 Å². The van der Waals surface area contributed by atoms with Crippen molar-refractivity contribution in [3.63, 3.8) is 0 Å². The van der Waals surface area contributed by atoms with E-state index in [9.17, 15) is 0 Å². The minimum absolute atomic E-state index is 0.529. The molecule has 0 aliphatic rings. The van der Waals surface area contributed by atoms with E-state index in [-0.39, 0.29) is 0 Å². The number of fused-ring (bicyclic) bond motifs is 1. The molecule has 0 saturated carbocycles. The lowest BCUT2D eigenvalue weighted by Gasteiger charge is -2.14. The van der Waals surface area contributed by atoms with Gasteiger partial charge in [-0.15, -0.1) is 26.3 Å². The molecule has 0 unspecified atom stereocenters. The maximum atomic E-state index is 5.31. The number of rotatable bonds is 7. The van der Waals surface area contributed by atoms with Gasteiger partial charge in [0.2, 0.25) is 5.82 Å². The summed E-state index contributed by atoms with van der Waals surface area (Å²) in [6, 6.07) is 7.64. The van der Waals surface area contributed by atoms with Gasteiger partial charge in [-0.1, -0.05) is 12.1 Å². The van der Waals surface area contributed by atoms with Crippen LogP contribution >= 0.6 is 11.3 Å². The first-order chi connectivity index (χ1) is 14.5. The van der Waals surface area contributed by atoms with E-state index >= 15 is 0 Å². The van der Waals surface area contributed by atoms with Crippen LogP contribution in [0.2, 0.25) is 0 Å². The zero-order valence-electron chi connectivity index (χ0n) is 17.9. The minimum Gasteiger partial charge on any atom is -0.497 e. The second kappa shape index (κ2) is 8.45. The number of aromatic nitrogens is 6. The highest BCUT2D eigenvalue weighted by molar-refractivity contribution is 7.18. The maximum Gasteiger partial charge on any atom is 0.205 e. The molecule has 8 nitrogen and oxygen atoms in total. The van der Waals surface area contributed by atoms with Crippen LogP contribution < -0.4 is 9.64 Å². The normalized spacial score (nSPS) is 11.5. The largest absolute Gasteiger partial charge is 0.497 e. The van der Waals surface area contributed by atoms with Crippen LogP contribution in [0.15, 0.2) is 24.3 Å². The van der Waals surface area contributed by atoms with Crippen molar-refractivity contribution in [2.45, 2.75) is 34.2 Å². The van der Waals surface area contributed by atoms with Gasteiger partial charge in [0, 0.05) is 10.4 Å². The van der Waals surface area contributed by atoms with Crippen LogP contribution in [0.25, 0.3) is 27.4 Å². The van der Waals surface area contributed by atoms with Crippen molar-refractivity contribution >= 4 is 21.6 Å². The molecule has 0 saturated heterocycles. The lowest BCUT2D eigenvalue weighted by Crippen LogP contribution is -3.10. The predicted molar refractivity (Wildman–Crippen MR) is 117 cm³/mol. The molecule has 3 aromatic heterocycles. The minimum atomic E-state index is 0.529. The van der Waals surface area contributed by atoms with E-state index < -0.39 is 0 Å². The SMILES string of the molecule is CC[NH+](CC)Cc1nc(-n2nnc(-c3cccc(OC)c3)n2)c2c(C)c(C)sc2n1. The first kappa shape index (κ1) is 20.4. The van der Waals surface area contributed by atoms with Gasteiger partial charge in [-0.2, -0.15) is 0 Å². The number of quaternary nitrogens is 1. The van der Waals surface area contributed by atoms with Crippen LogP contribution in [0.5, 0.6) is 5.75 Å². The number of thiophene rings is 1. The van der Waals surface area contributed by atoms with Gasteiger partial charge in [-0.25, -0.2) is 9.97 Å². The van der Waals surface area contributed by atoms with Gasteiger partial charge in [-0.3, -0.25) is 0 Å². The molecule has 0 aliphatic heterocycles. The van der Waals surface area contributed by atoms with Gasteiger partial charge in [0.15, 0.2) is 11.6 Å². The molecule has 1 N–H and O–H groups in total. The lowest BCUT2D eigenvalue weighted by molar-refractivity contribution is -0.910. The standard InChI is InChI=1S/C21H25N7OS/c1-6-27(7-2)12-17-22-20(18-13(3)14(4)30-21(18)23-17)28-25-19(24-26-28)15-9-8-10-16(11-15)29-5/h8-11H,6-7,12H2,1-5H3/p+1. The fourth-order valence-electron chi connectivity index (χ4n) is 3.40. The lowest BCUT2D eigenvalue weighted by atomic mass is 10.2. The number of methoxy groups -OCH3 is 1. The number of hydrogen-bond donors (Lipinski definition) is 1. The fraction of sp³-hybridized carbons (Fsp3) is 0.381. The second-order valence-electron chi connectivity index (χ2n) is 7.20. The average Bonchev–Trinajstić information content (AvgIpc) is 3.37. The molecule has 0 fully saturated rings. The molecule has 0 bridgehead atoms. The molecule has 3 heterocycles. The molecule has 156 valence electrons. The third-order valence-electron chi connectivity index (χ3n) is 5.39. The Kier molecular flexibility index (Phi) is 5.74. The number of hydrogen-bond acceptors (Lipinski definition) is 7. The fourth-order valence-corrected chi connectivity index (χ4v) is 4.44. The van der Waals surface area contributed by atoms with Gasteiger partial charge in [0.25, 0.3) is 0 Å². The number of benzene rings is 1. The molecule has 1 aromatic carbocycles. The summed E-state index contributed by atoms with van der Waals surface area (Å²) in [5.74, 6) is 2.77. The topological polar surface area (TPSA) is 83.1 Å². The smallest absolute Gasteiger partial charge is 0.205 e. The van der Waals surface area contributed by atoms with Crippen molar-refractivity contribution in [2.75, 3.05) is 20.2 Å². The number of nitrogens with zero attached hydrogens (tertiary/aromatic N) is 6. The molecule has 0 atom stereocenters. The van der Waals surface area contributed by atoms with E-state index in [1.807, 2.05) is 24.3 Å². The molecule has 4 aromatic rings. The Morgan fingerprint density at radius 1 is 1.13 bits per heavy atom. The van der Waals surface area contributed by atoms with Crippen molar-refractivity contribution in [1.82, 2.24) is 30.2 Å². The summed E-state index contributed by atoms with van der Waals surface area (Å²) in [5.41, 5.74) is 2.00. The summed E-state index contributed by atoms with van der Waals surface area (Å²) in [7, 11) is 1.64. The predicted octanol–water partition coefficient (Wildman–Crippen LogP) is 2.38. The van der Waals surface area contributed by atoms with Gasteiger partial charge >= 0.3 is 0 Å². The van der Waals surface area contributed by atoms with E-state index in [0.29, 0.717) is 11.6 Å². The number of aryl methyl sites for hydroxylation is 2. The molecule has 4 rings (SSSR count). The van der Waals surface area contributed by atoms with Crippen LogP contribution in [0.3, 0.4) is 0 Å². The Bertz CT molecular complexity index is 1180. The van der Waals surface area contributed by atoms with Gasteiger partial charge < -0.3 is 9.64 Å². The van der Waals surface area contributed by atoms with E-state index in [4.69, 9.17) is 14.7 Å². The van der Waals surface area contributed by atoms with E-state index in [1.165, 1.54) is 14.6 Å². The molecule has 0 amide bonds. The summed E-state index contributed by atoms with van der Waals surface area (Å²) in [4.78, 5) is 14.9. The Morgan fingerprint density at radius 3 is 2.67 bits per heavy atom. The van der Waals surface area contributed by atoms with E-state index in [1.54, 1.807) is 18.4 Å². The van der Waals surface area contributed by atoms with Crippen LogP contribution in [0.4, 0.5) is 0 Å². The van der Waals surface area contributed by atoms with Gasteiger partial charge in [-0.05, 0) is 50.6 Å². The van der Waals surface area contributed by atoms with Crippen molar-refractivity contribution in [2.24, 2.45) is 0 Å². The van der Waals surface area contributed by atoms with E-state index in [2.05, 4.69) is 43.1 Å². The molecule has 0 spiro atoms. The first-order valence-electron chi connectivity index (χ1n) is 10.1. The highest BCUT2D eigenvalue weighted by atomic mass is 32.1. The highest BCUT2D eigenvalue weighted by Crippen LogP contribution is 2.32. The quantitative estimate of drug-likeness (QED) is 0.490. The third-order valence-corrected chi connectivity index (χ3v) is 6.50. The molecule has 30 heavy (non-hydrogen) atoms. The molecular formula is C21H26N7OS+. The Morgan fingerprint density at radius 2 is 1.93 bits per heavy atom. The molecule has 0 radical (unpaired) electrons. The molecule has 9 heteroatoms. The van der Waals surface area contributed by atoms with Crippen LogP contribution in [-0.4, -0.2) is 50.4 Å². The van der Waals surface area contributed by atoms with Crippen molar-refractivity contribution < 1.29 is 9.64 Å². The van der Waals surface area contributed by atoms with Crippen molar-refractivity contribution in [1.29, 1.82) is 0 Å². The van der Waals surface area contributed by atoms with Crippen molar-refractivity contribution in [3.8, 4) is 23.0 Å². The Balaban J connectivity index is 1.82. The highest BCUT2D eigenvalue weighted by Gasteiger charge is 2.20. The zero-order valence-corrected chi connectivity index (χ0v) is 18.7. The average molecular weight is 425 g/mol. The van der Waals surface area contributed by atoms with Crippen LogP contribution in [0.1, 0.15) is 30.1 Å². The van der Waals surface area contributed by atoms with Gasteiger partial charge in [0.05, 0.1) is 25.6 Å². The number of ether oxygens (including phenoxy) is 1. The second-order valence-corrected chi connectivity index (χ2v) is 8.40. The summed E-state index contributed by atoms with van der Waals surface area (Å²) in [6.45, 7) is 11.4. The van der Waals surface area contributed by atoms with E-state index in [0.717, 1.165) is 52.6 Å². The molecular weight excluding hydrogens is 398 g/mol. The number of nitrogens with one attached hydrogen (secondary N) is 1. The maximum absolute atomic E-state index is 5.31. The Hall–Kier alpha value is -2.91.